The molecule has 0 saturated carbocycles. The Hall–Kier alpha value is -1.60. The third-order valence-electron chi connectivity index (χ3n) is 1.65. The molecule has 0 aliphatic carbocycles. The van der Waals surface area contributed by atoms with Gasteiger partial charge in [-0.1, -0.05) is 0 Å². The fourth-order valence-corrected chi connectivity index (χ4v) is 0.982. The minimum atomic E-state index is -5.75. The number of aromatic amines is 1. The molecule has 0 bridgehead atoms. The van der Waals surface area contributed by atoms with Gasteiger partial charge in [0.25, 0.3) is 0 Å². The lowest BCUT2D eigenvalue weighted by Gasteiger charge is -2.19. The average molecular weight is 243 g/mol. The molecule has 1 aromatic heterocycles. The Morgan fingerprint density at radius 3 is 2.31 bits per heavy atom. The molecular formula is C8H6F5NO2. The van der Waals surface area contributed by atoms with E-state index in [9.17, 15) is 26.7 Å². The van der Waals surface area contributed by atoms with Crippen LogP contribution >= 0.6 is 0 Å². The number of aromatic nitrogens is 1. The lowest BCUT2D eigenvalue weighted by Crippen LogP contribution is -2.33. The van der Waals surface area contributed by atoms with E-state index in [1.165, 1.54) is 0 Å². The van der Waals surface area contributed by atoms with Crippen molar-refractivity contribution in [3.63, 3.8) is 0 Å². The van der Waals surface area contributed by atoms with E-state index in [0.717, 1.165) is 13.1 Å². The standard InChI is InChI=1S/C8H6F5NO2/c1-4(15)16-6-5(2-3-14-6)7(9,10)8(11,12)13/h2-3,14H,1H3. The number of halogens is 5. The first-order valence-corrected chi connectivity index (χ1v) is 3.97. The Bertz CT molecular complexity index is 395. The summed E-state index contributed by atoms with van der Waals surface area (Å²) in [6.07, 6.45) is -4.92. The summed E-state index contributed by atoms with van der Waals surface area (Å²) >= 11 is 0. The highest BCUT2D eigenvalue weighted by molar-refractivity contribution is 5.69. The average Bonchev–Trinajstić information content (AvgIpc) is 2.49. The summed E-state index contributed by atoms with van der Waals surface area (Å²) in [5, 5.41) is 0. The summed E-state index contributed by atoms with van der Waals surface area (Å²) in [6.45, 7) is 0.885. The molecule has 1 heterocycles. The highest BCUT2D eigenvalue weighted by Crippen LogP contribution is 2.46. The van der Waals surface area contributed by atoms with Crippen molar-refractivity contribution in [1.82, 2.24) is 4.98 Å². The molecule has 3 nitrogen and oxygen atoms in total. The van der Waals surface area contributed by atoms with E-state index in [1.807, 2.05) is 4.98 Å². The van der Waals surface area contributed by atoms with Gasteiger partial charge in [-0.3, -0.25) is 4.79 Å². The molecule has 8 heteroatoms. The van der Waals surface area contributed by atoms with Crippen LogP contribution in [0.25, 0.3) is 0 Å². The smallest absolute Gasteiger partial charge is 0.409 e. The van der Waals surface area contributed by atoms with Crippen molar-refractivity contribution >= 4 is 5.97 Å². The second kappa shape index (κ2) is 3.76. The largest absolute Gasteiger partial charge is 0.458 e. The zero-order valence-electron chi connectivity index (χ0n) is 7.86. The van der Waals surface area contributed by atoms with E-state index >= 15 is 0 Å². The normalized spacial score (nSPS) is 12.6. The Morgan fingerprint density at radius 1 is 1.31 bits per heavy atom. The first-order valence-electron chi connectivity index (χ1n) is 3.97. The van der Waals surface area contributed by atoms with Crippen LogP contribution < -0.4 is 4.74 Å². The molecule has 0 amide bonds. The van der Waals surface area contributed by atoms with Crippen LogP contribution in [-0.2, 0) is 10.7 Å². The summed E-state index contributed by atoms with van der Waals surface area (Å²) < 4.78 is 66.0. The number of hydrogen-bond donors (Lipinski definition) is 1. The zero-order chi connectivity index (χ0) is 12.6. The summed E-state index contributed by atoms with van der Waals surface area (Å²) in [5.74, 6) is -6.98. The van der Waals surface area contributed by atoms with E-state index in [0.29, 0.717) is 6.07 Å². The maximum atomic E-state index is 12.9. The van der Waals surface area contributed by atoms with Gasteiger partial charge in [0, 0.05) is 13.1 Å². The predicted molar refractivity (Wildman–Crippen MR) is 42.1 cm³/mol. The van der Waals surface area contributed by atoms with Gasteiger partial charge in [0.2, 0.25) is 5.88 Å². The molecule has 0 aromatic carbocycles. The van der Waals surface area contributed by atoms with Gasteiger partial charge < -0.3 is 9.72 Å². The van der Waals surface area contributed by atoms with Gasteiger partial charge in [-0.2, -0.15) is 22.0 Å². The van der Waals surface area contributed by atoms with Gasteiger partial charge in [0.05, 0.1) is 5.56 Å². The molecule has 0 radical (unpaired) electrons. The second-order valence-electron chi connectivity index (χ2n) is 2.89. The van der Waals surface area contributed by atoms with Crippen LogP contribution in [0.5, 0.6) is 5.88 Å². The number of ether oxygens (including phenoxy) is 1. The number of hydrogen-bond acceptors (Lipinski definition) is 2. The fourth-order valence-electron chi connectivity index (χ4n) is 0.982. The Kier molecular flexibility index (Phi) is 2.93. The van der Waals surface area contributed by atoms with Gasteiger partial charge in [-0.05, 0) is 6.07 Å². The van der Waals surface area contributed by atoms with Gasteiger partial charge in [0.15, 0.2) is 0 Å². The number of esters is 1. The van der Waals surface area contributed by atoms with Crippen molar-refractivity contribution in [3.05, 3.63) is 17.8 Å². The summed E-state index contributed by atoms with van der Waals surface area (Å²) in [7, 11) is 0. The van der Waals surface area contributed by atoms with Crippen molar-refractivity contribution < 1.29 is 31.5 Å². The minimum absolute atomic E-state index is 0.506. The molecule has 0 aliphatic rings. The number of H-pyrrole nitrogens is 1. The van der Waals surface area contributed by atoms with Gasteiger partial charge in [0.1, 0.15) is 0 Å². The van der Waals surface area contributed by atoms with Crippen LogP contribution in [0.15, 0.2) is 12.3 Å². The van der Waals surface area contributed by atoms with Crippen LogP contribution in [0.3, 0.4) is 0 Å². The Balaban J connectivity index is 3.14. The monoisotopic (exact) mass is 243 g/mol. The quantitative estimate of drug-likeness (QED) is 0.640. The van der Waals surface area contributed by atoms with E-state index in [-0.39, 0.29) is 0 Å². The molecule has 0 unspecified atom stereocenters. The van der Waals surface area contributed by atoms with E-state index in [2.05, 4.69) is 4.74 Å². The highest BCUT2D eigenvalue weighted by Gasteiger charge is 2.60. The number of carbonyl (C=O) groups excluding carboxylic acids is 1. The first-order chi connectivity index (χ1) is 7.16. The molecular weight excluding hydrogens is 237 g/mol. The van der Waals surface area contributed by atoms with Crippen molar-refractivity contribution in [2.45, 2.75) is 19.0 Å². The van der Waals surface area contributed by atoms with Crippen LogP contribution in [0, 0.1) is 0 Å². The third-order valence-corrected chi connectivity index (χ3v) is 1.65. The number of carbonyl (C=O) groups is 1. The molecule has 0 spiro atoms. The molecule has 1 aromatic rings. The molecule has 0 atom stereocenters. The zero-order valence-corrected chi connectivity index (χ0v) is 7.86. The summed E-state index contributed by atoms with van der Waals surface area (Å²) in [5.41, 5.74) is -1.42. The molecule has 16 heavy (non-hydrogen) atoms. The third kappa shape index (κ3) is 2.15. The molecule has 0 saturated heterocycles. The maximum absolute atomic E-state index is 12.9. The molecule has 0 fully saturated rings. The van der Waals surface area contributed by atoms with Gasteiger partial charge in [-0.25, -0.2) is 0 Å². The molecule has 90 valence electrons. The van der Waals surface area contributed by atoms with Crippen LogP contribution in [-0.4, -0.2) is 17.1 Å². The topological polar surface area (TPSA) is 42.1 Å². The van der Waals surface area contributed by atoms with Crippen LogP contribution in [0.2, 0.25) is 0 Å². The lowest BCUT2D eigenvalue weighted by atomic mass is 10.1. The molecule has 0 aliphatic heterocycles. The Labute approximate surface area is 86.2 Å². The number of nitrogens with one attached hydrogen (secondary N) is 1. The van der Waals surface area contributed by atoms with E-state index < -0.39 is 29.5 Å². The maximum Gasteiger partial charge on any atom is 0.458 e. The Morgan fingerprint density at radius 2 is 1.88 bits per heavy atom. The molecule has 1 rings (SSSR count). The second-order valence-corrected chi connectivity index (χ2v) is 2.89. The van der Waals surface area contributed by atoms with Crippen molar-refractivity contribution in [1.29, 1.82) is 0 Å². The predicted octanol–water partition coefficient (Wildman–Crippen LogP) is 2.59. The highest BCUT2D eigenvalue weighted by atomic mass is 19.4. The fraction of sp³-hybridized carbons (Fsp3) is 0.375. The molecule has 1 N–H and O–H groups in total. The number of alkyl halides is 5. The van der Waals surface area contributed by atoms with Crippen LogP contribution in [0.1, 0.15) is 12.5 Å². The van der Waals surface area contributed by atoms with Gasteiger partial charge >= 0.3 is 18.1 Å². The lowest BCUT2D eigenvalue weighted by molar-refractivity contribution is -0.289. The van der Waals surface area contributed by atoms with Crippen molar-refractivity contribution in [2.24, 2.45) is 0 Å². The first kappa shape index (κ1) is 12.5. The van der Waals surface area contributed by atoms with Crippen molar-refractivity contribution in [2.75, 3.05) is 0 Å². The number of rotatable bonds is 2. The minimum Gasteiger partial charge on any atom is -0.409 e. The summed E-state index contributed by atoms with van der Waals surface area (Å²) in [4.78, 5) is 12.5. The van der Waals surface area contributed by atoms with Crippen molar-refractivity contribution in [3.8, 4) is 5.88 Å². The SMILES string of the molecule is CC(=O)Oc1[nH]ccc1C(F)(F)C(F)(F)F. The van der Waals surface area contributed by atoms with E-state index in [4.69, 9.17) is 0 Å². The summed E-state index contributed by atoms with van der Waals surface area (Å²) in [6, 6.07) is 0.506. The van der Waals surface area contributed by atoms with Crippen LogP contribution in [0.4, 0.5) is 22.0 Å². The van der Waals surface area contributed by atoms with Gasteiger partial charge in [-0.15, -0.1) is 0 Å². The van der Waals surface area contributed by atoms with E-state index in [1.54, 1.807) is 0 Å².